The van der Waals surface area contributed by atoms with Crippen LogP contribution in [-0.2, 0) is 0 Å². The van der Waals surface area contributed by atoms with Gasteiger partial charge in [-0.15, -0.1) is 0 Å². The molecule has 104 valence electrons. The number of nitrogens with zero attached hydrogens (tertiary/aromatic N) is 2. The van der Waals surface area contributed by atoms with Gasteiger partial charge in [-0.25, -0.2) is 4.39 Å². The molecule has 1 aromatic rings. The monoisotopic (exact) mass is 288 g/mol. The molecule has 1 heterocycles. The van der Waals surface area contributed by atoms with Crippen LogP contribution in [0.2, 0.25) is 5.02 Å². The number of hydrogen-bond donors (Lipinski definition) is 1. The molecular formula is C12H14ClFN2O3. The molecule has 1 fully saturated rings. The van der Waals surface area contributed by atoms with Crippen LogP contribution < -0.4 is 4.90 Å². The van der Waals surface area contributed by atoms with Crippen molar-refractivity contribution in [2.45, 2.75) is 19.4 Å². The van der Waals surface area contributed by atoms with Crippen molar-refractivity contribution in [1.82, 2.24) is 0 Å². The number of β-amino-alcohol motifs (C(OH)–C–C–N with tert-alkyl or cyclic N) is 1. The molecule has 0 radical (unpaired) electrons. The third kappa shape index (κ3) is 2.37. The highest BCUT2D eigenvalue weighted by atomic mass is 35.5. The number of halogens is 2. The number of anilines is 1. The van der Waals surface area contributed by atoms with Crippen LogP contribution in [0.25, 0.3) is 0 Å². The Hall–Kier alpha value is -1.40. The topological polar surface area (TPSA) is 66.6 Å². The number of benzene rings is 1. The van der Waals surface area contributed by atoms with Gasteiger partial charge in [0.15, 0.2) is 0 Å². The highest BCUT2D eigenvalue weighted by molar-refractivity contribution is 6.31. The predicted molar refractivity (Wildman–Crippen MR) is 70.1 cm³/mol. The standard InChI is InChI=1S/C12H14ClFN2O3/c1-7(2)12(17)5-15(6-12)10-4-9(14)8(13)3-11(10)16(18)19/h3-4,7,17H,5-6H2,1-2H3. The van der Waals surface area contributed by atoms with E-state index in [4.69, 9.17) is 11.6 Å². The van der Waals surface area contributed by atoms with E-state index in [-0.39, 0.29) is 35.4 Å². The summed E-state index contributed by atoms with van der Waals surface area (Å²) in [4.78, 5) is 11.9. The second-order valence-corrected chi connectivity index (χ2v) is 5.53. The second-order valence-electron chi connectivity index (χ2n) is 5.13. The smallest absolute Gasteiger partial charge is 0.294 e. The van der Waals surface area contributed by atoms with E-state index >= 15 is 0 Å². The Labute approximate surface area is 114 Å². The summed E-state index contributed by atoms with van der Waals surface area (Å²) in [6.07, 6.45) is 0. The lowest BCUT2D eigenvalue weighted by molar-refractivity contribution is -0.384. The van der Waals surface area contributed by atoms with Gasteiger partial charge in [-0.3, -0.25) is 10.1 Å². The summed E-state index contributed by atoms with van der Waals surface area (Å²) in [6, 6.07) is 2.04. The Bertz CT molecular complexity index is 530. The predicted octanol–water partition coefficient (Wildman–Crippen LogP) is 2.59. The molecule has 1 aliphatic rings. The first-order valence-electron chi connectivity index (χ1n) is 5.85. The van der Waals surface area contributed by atoms with Gasteiger partial charge in [-0.05, 0) is 5.92 Å². The number of aliphatic hydroxyl groups is 1. The summed E-state index contributed by atoms with van der Waals surface area (Å²) < 4.78 is 13.5. The molecule has 0 spiro atoms. The first kappa shape index (κ1) is 14.0. The molecule has 0 amide bonds. The van der Waals surface area contributed by atoms with E-state index in [2.05, 4.69) is 0 Å². The molecule has 0 aliphatic carbocycles. The third-order valence-corrected chi connectivity index (χ3v) is 3.85. The molecule has 1 saturated heterocycles. The van der Waals surface area contributed by atoms with Crippen LogP contribution in [-0.4, -0.2) is 28.7 Å². The Balaban J connectivity index is 2.32. The molecule has 1 aliphatic heterocycles. The first-order chi connectivity index (χ1) is 8.74. The zero-order valence-electron chi connectivity index (χ0n) is 10.6. The Morgan fingerprint density at radius 3 is 2.58 bits per heavy atom. The highest BCUT2D eigenvalue weighted by Gasteiger charge is 2.45. The van der Waals surface area contributed by atoms with Crippen LogP contribution in [0.1, 0.15) is 13.8 Å². The van der Waals surface area contributed by atoms with Crippen molar-refractivity contribution in [3.63, 3.8) is 0 Å². The molecule has 0 atom stereocenters. The summed E-state index contributed by atoms with van der Waals surface area (Å²) in [7, 11) is 0. The molecule has 7 heteroatoms. The molecule has 5 nitrogen and oxygen atoms in total. The fraction of sp³-hybridized carbons (Fsp3) is 0.500. The van der Waals surface area contributed by atoms with Gasteiger partial charge in [0.1, 0.15) is 17.1 Å². The average molecular weight is 289 g/mol. The minimum absolute atomic E-state index is 0.0277. The van der Waals surface area contributed by atoms with Crippen LogP contribution in [0.15, 0.2) is 12.1 Å². The van der Waals surface area contributed by atoms with Gasteiger partial charge in [0.05, 0.1) is 9.95 Å². The molecule has 2 rings (SSSR count). The highest BCUT2D eigenvalue weighted by Crippen LogP contribution is 2.39. The lowest BCUT2D eigenvalue weighted by Gasteiger charge is -2.50. The minimum atomic E-state index is -0.885. The first-order valence-corrected chi connectivity index (χ1v) is 6.23. The van der Waals surface area contributed by atoms with E-state index in [0.29, 0.717) is 0 Å². The molecule has 1 N–H and O–H groups in total. The van der Waals surface area contributed by atoms with Crippen LogP contribution in [0, 0.1) is 21.8 Å². The van der Waals surface area contributed by atoms with Crippen LogP contribution >= 0.6 is 11.6 Å². The summed E-state index contributed by atoms with van der Waals surface area (Å²) in [5.41, 5.74) is -0.987. The lowest BCUT2D eigenvalue weighted by Crippen LogP contribution is -2.64. The van der Waals surface area contributed by atoms with Gasteiger partial charge in [0.25, 0.3) is 5.69 Å². The van der Waals surface area contributed by atoms with E-state index in [9.17, 15) is 19.6 Å². The zero-order chi connectivity index (χ0) is 14.4. The van der Waals surface area contributed by atoms with Gasteiger partial charge in [-0.2, -0.15) is 0 Å². The molecular weight excluding hydrogens is 275 g/mol. The number of rotatable bonds is 3. The molecule has 0 aromatic heterocycles. The van der Waals surface area contributed by atoms with E-state index < -0.39 is 16.3 Å². The summed E-state index contributed by atoms with van der Waals surface area (Å²) in [5, 5.41) is 20.8. The lowest BCUT2D eigenvalue weighted by atomic mass is 9.82. The number of nitro groups is 1. The van der Waals surface area contributed by atoms with Gasteiger partial charge in [-0.1, -0.05) is 25.4 Å². The van der Waals surface area contributed by atoms with Crippen molar-refractivity contribution in [3.05, 3.63) is 33.1 Å². The SMILES string of the molecule is CC(C)C1(O)CN(c2cc(F)c(Cl)cc2[N+](=O)[O-])C1. The van der Waals surface area contributed by atoms with Crippen molar-refractivity contribution in [2.75, 3.05) is 18.0 Å². The fourth-order valence-corrected chi connectivity index (χ4v) is 2.23. The zero-order valence-corrected chi connectivity index (χ0v) is 11.3. The summed E-state index contributed by atoms with van der Waals surface area (Å²) >= 11 is 5.55. The maximum Gasteiger partial charge on any atom is 0.294 e. The largest absolute Gasteiger partial charge is 0.386 e. The molecule has 0 unspecified atom stereocenters. The summed E-state index contributed by atoms with van der Waals surface area (Å²) in [5.74, 6) is -0.679. The van der Waals surface area contributed by atoms with E-state index in [1.807, 2.05) is 13.8 Å². The van der Waals surface area contributed by atoms with E-state index in [1.165, 1.54) is 0 Å². The maximum atomic E-state index is 13.5. The van der Waals surface area contributed by atoms with Crippen molar-refractivity contribution in [3.8, 4) is 0 Å². The Morgan fingerprint density at radius 1 is 1.53 bits per heavy atom. The number of hydrogen-bond acceptors (Lipinski definition) is 4. The molecule has 0 saturated carbocycles. The maximum absolute atomic E-state index is 13.5. The van der Waals surface area contributed by atoms with Crippen LogP contribution in [0.5, 0.6) is 0 Å². The van der Waals surface area contributed by atoms with Crippen molar-refractivity contribution in [1.29, 1.82) is 0 Å². The van der Waals surface area contributed by atoms with Crippen molar-refractivity contribution >= 4 is 23.0 Å². The molecule has 19 heavy (non-hydrogen) atoms. The Kier molecular flexibility index (Phi) is 3.40. The van der Waals surface area contributed by atoms with Gasteiger partial charge < -0.3 is 10.0 Å². The van der Waals surface area contributed by atoms with Gasteiger partial charge >= 0.3 is 0 Å². The van der Waals surface area contributed by atoms with E-state index in [0.717, 1.165) is 12.1 Å². The number of nitro benzene ring substituents is 1. The van der Waals surface area contributed by atoms with Gasteiger partial charge in [0, 0.05) is 25.2 Å². The van der Waals surface area contributed by atoms with Crippen LogP contribution in [0.4, 0.5) is 15.8 Å². The van der Waals surface area contributed by atoms with Crippen molar-refractivity contribution in [2.24, 2.45) is 5.92 Å². The van der Waals surface area contributed by atoms with Crippen LogP contribution in [0.3, 0.4) is 0 Å². The Morgan fingerprint density at radius 2 is 2.11 bits per heavy atom. The van der Waals surface area contributed by atoms with Gasteiger partial charge in [0.2, 0.25) is 0 Å². The molecule has 0 bridgehead atoms. The summed E-state index contributed by atoms with van der Waals surface area (Å²) in [6.45, 7) is 4.22. The van der Waals surface area contributed by atoms with E-state index in [1.54, 1.807) is 4.90 Å². The third-order valence-electron chi connectivity index (χ3n) is 3.56. The average Bonchev–Trinajstić information content (AvgIpc) is 2.27. The molecule has 1 aromatic carbocycles. The quantitative estimate of drug-likeness (QED) is 0.686. The second kappa shape index (κ2) is 4.61. The fourth-order valence-electron chi connectivity index (χ4n) is 2.08. The normalized spacial score (nSPS) is 17.5. The minimum Gasteiger partial charge on any atom is -0.386 e. The van der Waals surface area contributed by atoms with Crippen molar-refractivity contribution < 1.29 is 14.4 Å².